The Labute approximate surface area is 219 Å². The Balaban J connectivity index is 1.90. The van der Waals surface area contributed by atoms with Crippen LogP contribution in [0.4, 0.5) is 5.69 Å². The van der Waals surface area contributed by atoms with E-state index in [0.29, 0.717) is 5.75 Å². The molecule has 2 aromatic rings. The Kier molecular flexibility index (Phi) is 9.79. The van der Waals surface area contributed by atoms with Crippen LogP contribution in [0.25, 0.3) is 0 Å². The number of carbonyl (C=O) groups excluding carboxylic acids is 2. The van der Waals surface area contributed by atoms with Crippen molar-refractivity contribution in [2.45, 2.75) is 57.7 Å². The third kappa shape index (κ3) is 7.61. The molecule has 10 heteroatoms. The molecule has 0 bridgehead atoms. The number of amides is 2. The summed E-state index contributed by atoms with van der Waals surface area (Å²) in [6, 6.07) is 13.3. The van der Waals surface area contributed by atoms with E-state index < -0.39 is 28.5 Å². The van der Waals surface area contributed by atoms with Crippen LogP contribution in [0.1, 0.15) is 44.6 Å². The molecule has 0 unspecified atom stereocenters. The molecule has 1 aliphatic carbocycles. The number of sulfonamides is 1. The van der Waals surface area contributed by atoms with Gasteiger partial charge in [0.05, 0.1) is 26.2 Å². The summed E-state index contributed by atoms with van der Waals surface area (Å²) in [5.41, 5.74) is 1.04. The third-order valence-corrected chi connectivity index (χ3v) is 7.78. The molecule has 1 fully saturated rings. The Morgan fingerprint density at radius 2 is 1.70 bits per heavy atom. The predicted octanol–water partition coefficient (Wildman–Crippen LogP) is 3.34. The fourth-order valence-electron chi connectivity index (χ4n) is 4.52. The topological polar surface area (TPSA) is 105 Å². The molecular weight excluding hydrogens is 494 g/mol. The van der Waals surface area contributed by atoms with Gasteiger partial charge in [-0.05, 0) is 37.5 Å². The summed E-state index contributed by atoms with van der Waals surface area (Å²) in [5, 5.41) is 3.09. The Bertz CT molecular complexity index is 1170. The molecule has 1 N–H and O–H groups in total. The minimum Gasteiger partial charge on any atom is -0.497 e. The zero-order valence-corrected chi connectivity index (χ0v) is 22.8. The molecule has 0 aliphatic heterocycles. The van der Waals surface area contributed by atoms with E-state index in [4.69, 9.17) is 9.47 Å². The van der Waals surface area contributed by atoms with Crippen molar-refractivity contribution in [1.82, 2.24) is 10.2 Å². The second-order valence-electron chi connectivity index (χ2n) is 9.33. The number of hydrogen-bond acceptors (Lipinski definition) is 6. The minimum absolute atomic E-state index is 0.0912. The summed E-state index contributed by atoms with van der Waals surface area (Å²) in [5.74, 6) is -0.0167. The van der Waals surface area contributed by atoms with Crippen LogP contribution in [0.3, 0.4) is 0 Å². The summed E-state index contributed by atoms with van der Waals surface area (Å²) in [6.45, 7) is 1.35. The number of methoxy groups -OCH3 is 2. The van der Waals surface area contributed by atoms with E-state index >= 15 is 0 Å². The average Bonchev–Trinajstić information content (AvgIpc) is 2.90. The molecule has 0 saturated heterocycles. The lowest BCUT2D eigenvalue weighted by Crippen LogP contribution is -2.53. The van der Waals surface area contributed by atoms with E-state index in [2.05, 4.69) is 5.32 Å². The fraction of sp³-hybridized carbons (Fsp3) is 0.481. The van der Waals surface area contributed by atoms with Gasteiger partial charge >= 0.3 is 0 Å². The van der Waals surface area contributed by atoms with Gasteiger partial charge in [0.15, 0.2) is 0 Å². The molecule has 1 saturated carbocycles. The van der Waals surface area contributed by atoms with E-state index in [-0.39, 0.29) is 29.9 Å². The first-order chi connectivity index (χ1) is 17.6. The molecule has 0 spiro atoms. The van der Waals surface area contributed by atoms with Crippen LogP contribution in [0.2, 0.25) is 0 Å². The van der Waals surface area contributed by atoms with E-state index in [1.807, 2.05) is 30.3 Å². The molecule has 1 atom stereocenters. The van der Waals surface area contributed by atoms with E-state index in [0.717, 1.165) is 48.2 Å². The number of nitrogens with one attached hydrogen (secondary N) is 1. The van der Waals surface area contributed by atoms with Gasteiger partial charge in [0.1, 0.15) is 24.1 Å². The highest BCUT2D eigenvalue weighted by molar-refractivity contribution is 7.92. The second kappa shape index (κ2) is 12.8. The lowest BCUT2D eigenvalue weighted by Gasteiger charge is -2.33. The van der Waals surface area contributed by atoms with Crippen LogP contribution >= 0.6 is 0 Å². The van der Waals surface area contributed by atoms with Crippen molar-refractivity contribution in [3.63, 3.8) is 0 Å². The fourth-order valence-corrected chi connectivity index (χ4v) is 5.37. The van der Waals surface area contributed by atoms with Crippen LogP contribution in [-0.2, 0) is 26.2 Å². The Morgan fingerprint density at radius 1 is 1.03 bits per heavy atom. The first-order valence-corrected chi connectivity index (χ1v) is 14.3. The summed E-state index contributed by atoms with van der Waals surface area (Å²) >= 11 is 0. The monoisotopic (exact) mass is 531 g/mol. The van der Waals surface area contributed by atoms with Gasteiger partial charge in [-0.2, -0.15) is 0 Å². The molecule has 9 nitrogen and oxygen atoms in total. The van der Waals surface area contributed by atoms with Gasteiger partial charge < -0.3 is 19.7 Å². The lowest BCUT2D eigenvalue weighted by molar-refractivity contribution is -0.139. The Morgan fingerprint density at radius 3 is 2.30 bits per heavy atom. The number of nitrogens with zero attached hydrogens (tertiary/aromatic N) is 2. The molecule has 3 rings (SSSR count). The maximum atomic E-state index is 13.7. The van der Waals surface area contributed by atoms with Crippen molar-refractivity contribution in [3.8, 4) is 11.5 Å². The summed E-state index contributed by atoms with van der Waals surface area (Å²) in [7, 11) is -0.966. The van der Waals surface area contributed by atoms with Gasteiger partial charge in [0.25, 0.3) is 0 Å². The van der Waals surface area contributed by atoms with Crippen LogP contribution < -0.4 is 19.1 Å². The smallest absolute Gasteiger partial charge is 0.244 e. The van der Waals surface area contributed by atoms with Crippen molar-refractivity contribution in [1.29, 1.82) is 0 Å². The van der Waals surface area contributed by atoms with E-state index in [9.17, 15) is 18.0 Å². The van der Waals surface area contributed by atoms with Gasteiger partial charge in [0, 0.05) is 18.7 Å². The normalized spacial score (nSPS) is 14.9. The largest absolute Gasteiger partial charge is 0.497 e. The van der Waals surface area contributed by atoms with Gasteiger partial charge in [-0.25, -0.2) is 8.42 Å². The molecule has 0 radical (unpaired) electrons. The number of rotatable bonds is 11. The quantitative estimate of drug-likeness (QED) is 0.477. The SMILES string of the molecule is COc1ccc(N(CC(=O)N(Cc2ccccc2)[C@@H](C)C(=O)NC2CCCCC2)S(C)(=O)=O)c(OC)c1. The maximum Gasteiger partial charge on any atom is 0.244 e. The van der Waals surface area contributed by atoms with Crippen molar-refractivity contribution in [2.75, 3.05) is 31.3 Å². The van der Waals surface area contributed by atoms with Crippen LogP contribution in [0.5, 0.6) is 11.5 Å². The molecular formula is C27H37N3O6S. The van der Waals surface area contributed by atoms with Crippen molar-refractivity contribution < 1.29 is 27.5 Å². The molecule has 2 aromatic carbocycles. The number of ether oxygens (including phenoxy) is 2. The first-order valence-electron chi connectivity index (χ1n) is 12.5. The number of hydrogen-bond donors (Lipinski definition) is 1. The average molecular weight is 532 g/mol. The molecule has 0 aromatic heterocycles. The zero-order chi connectivity index (χ0) is 27.0. The van der Waals surface area contributed by atoms with Crippen LogP contribution in [-0.4, -0.2) is 64.2 Å². The highest BCUT2D eigenvalue weighted by Crippen LogP contribution is 2.33. The van der Waals surface area contributed by atoms with Gasteiger partial charge in [-0.3, -0.25) is 13.9 Å². The van der Waals surface area contributed by atoms with E-state index in [1.54, 1.807) is 19.1 Å². The maximum absolute atomic E-state index is 13.7. The predicted molar refractivity (Wildman–Crippen MR) is 143 cm³/mol. The highest BCUT2D eigenvalue weighted by atomic mass is 32.2. The highest BCUT2D eigenvalue weighted by Gasteiger charge is 2.32. The van der Waals surface area contributed by atoms with Gasteiger partial charge in [-0.15, -0.1) is 0 Å². The van der Waals surface area contributed by atoms with Gasteiger partial charge in [0.2, 0.25) is 21.8 Å². The van der Waals surface area contributed by atoms with Gasteiger partial charge in [-0.1, -0.05) is 49.6 Å². The zero-order valence-electron chi connectivity index (χ0n) is 22.0. The second-order valence-corrected chi connectivity index (χ2v) is 11.2. The molecule has 202 valence electrons. The van der Waals surface area contributed by atoms with Crippen molar-refractivity contribution in [2.24, 2.45) is 0 Å². The van der Waals surface area contributed by atoms with E-state index in [1.165, 1.54) is 25.2 Å². The third-order valence-electron chi connectivity index (χ3n) is 6.65. The molecule has 0 heterocycles. The molecule has 1 aliphatic rings. The number of anilines is 1. The molecule has 2 amide bonds. The number of carbonyl (C=O) groups is 2. The summed E-state index contributed by atoms with van der Waals surface area (Å²) in [4.78, 5) is 28.3. The first kappa shape index (κ1) is 28.3. The lowest BCUT2D eigenvalue weighted by atomic mass is 9.95. The number of benzene rings is 2. The van der Waals surface area contributed by atoms with Crippen molar-refractivity contribution in [3.05, 3.63) is 54.1 Å². The van der Waals surface area contributed by atoms with Crippen LogP contribution in [0, 0.1) is 0 Å². The standard InChI is InChI=1S/C27H37N3O6S/c1-20(27(32)28-22-13-9-6-10-14-22)29(18-21-11-7-5-8-12-21)26(31)19-30(37(4,33)34)24-16-15-23(35-2)17-25(24)36-3/h5,7-8,11-12,15-17,20,22H,6,9-10,13-14,18-19H2,1-4H3,(H,28,32)/t20-/m0/s1. The summed E-state index contributed by atoms with van der Waals surface area (Å²) < 4.78 is 37.3. The minimum atomic E-state index is -3.88. The Hall–Kier alpha value is -3.27. The summed E-state index contributed by atoms with van der Waals surface area (Å²) in [6.07, 6.45) is 6.17. The molecule has 37 heavy (non-hydrogen) atoms. The van der Waals surface area contributed by atoms with Crippen molar-refractivity contribution >= 4 is 27.5 Å². The van der Waals surface area contributed by atoms with Crippen LogP contribution in [0.15, 0.2) is 48.5 Å².